The molecule has 2 N–H and O–H groups in total. The summed E-state index contributed by atoms with van der Waals surface area (Å²) in [5, 5.41) is 10.5. The molecular weight excluding hydrogens is 374 g/mol. The van der Waals surface area contributed by atoms with Gasteiger partial charge in [0.15, 0.2) is 0 Å². The molecule has 1 aromatic carbocycles. The third kappa shape index (κ3) is 4.00. The van der Waals surface area contributed by atoms with Gasteiger partial charge in [-0.05, 0) is 25.1 Å². The van der Waals surface area contributed by atoms with E-state index in [9.17, 15) is 19.5 Å². The number of aromatic carboxylic acids is 1. The van der Waals surface area contributed by atoms with Crippen LogP contribution in [0.15, 0.2) is 18.2 Å². The molecular formula is C18H20ClN3O5. The van der Waals surface area contributed by atoms with Crippen LogP contribution in [-0.2, 0) is 16.0 Å². The minimum atomic E-state index is -1.13. The van der Waals surface area contributed by atoms with Crippen molar-refractivity contribution < 1.29 is 24.2 Å². The predicted octanol–water partition coefficient (Wildman–Crippen LogP) is 2.36. The van der Waals surface area contributed by atoms with E-state index in [0.29, 0.717) is 54.3 Å². The summed E-state index contributed by atoms with van der Waals surface area (Å²) in [6.07, 6.45) is -0.439. The second kappa shape index (κ2) is 7.87. The lowest BCUT2D eigenvalue weighted by atomic mass is 10.1. The maximum Gasteiger partial charge on any atom is 0.409 e. The molecule has 0 bridgehead atoms. The average Bonchev–Trinajstić information content (AvgIpc) is 3.00. The largest absolute Gasteiger partial charge is 0.477 e. The predicted molar refractivity (Wildman–Crippen MR) is 99.1 cm³/mol. The third-order valence-electron chi connectivity index (χ3n) is 4.57. The van der Waals surface area contributed by atoms with E-state index in [4.69, 9.17) is 16.3 Å². The van der Waals surface area contributed by atoms with Crippen molar-refractivity contribution >= 4 is 40.5 Å². The number of carboxylic acid groups (broad SMARTS) is 1. The van der Waals surface area contributed by atoms with E-state index in [1.807, 2.05) is 0 Å². The number of nitrogens with one attached hydrogen (secondary N) is 1. The number of aromatic nitrogens is 1. The van der Waals surface area contributed by atoms with Gasteiger partial charge in [0, 0.05) is 47.7 Å². The highest BCUT2D eigenvalue weighted by Gasteiger charge is 2.27. The molecule has 0 unspecified atom stereocenters. The Kier molecular flexibility index (Phi) is 5.55. The fourth-order valence-corrected chi connectivity index (χ4v) is 3.37. The Hall–Kier alpha value is -2.74. The molecule has 0 atom stereocenters. The van der Waals surface area contributed by atoms with Gasteiger partial charge in [-0.3, -0.25) is 4.79 Å². The molecule has 2 amide bonds. The van der Waals surface area contributed by atoms with Gasteiger partial charge in [-0.25, -0.2) is 9.59 Å². The van der Waals surface area contributed by atoms with Crippen LogP contribution in [0.4, 0.5) is 4.79 Å². The topological polar surface area (TPSA) is 103 Å². The number of hydrogen-bond donors (Lipinski definition) is 2. The lowest BCUT2D eigenvalue weighted by Crippen LogP contribution is -2.51. The van der Waals surface area contributed by atoms with E-state index in [1.54, 1.807) is 34.9 Å². The average molecular weight is 394 g/mol. The van der Waals surface area contributed by atoms with Crippen molar-refractivity contribution in [3.05, 3.63) is 34.5 Å². The van der Waals surface area contributed by atoms with Gasteiger partial charge in [0.2, 0.25) is 5.91 Å². The van der Waals surface area contributed by atoms with E-state index >= 15 is 0 Å². The molecule has 0 saturated carbocycles. The number of halogens is 1. The number of carboxylic acids is 1. The summed E-state index contributed by atoms with van der Waals surface area (Å²) in [4.78, 5) is 42.1. The van der Waals surface area contributed by atoms with E-state index < -0.39 is 5.97 Å². The highest BCUT2D eigenvalue weighted by molar-refractivity contribution is 6.31. The third-order valence-corrected chi connectivity index (χ3v) is 4.80. The first-order valence-electron chi connectivity index (χ1n) is 8.63. The Labute approximate surface area is 160 Å². The van der Waals surface area contributed by atoms with Crippen molar-refractivity contribution in [3.8, 4) is 0 Å². The number of H-pyrrole nitrogens is 1. The maximum absolute atomic E-state index is 12.7. The molecule has 1 aliphatic rings. The molecule has 3 rings (SSSR count). The van der Waals surface area contributed by atoms with Crippen molar-refractivity contribution in [1.29, 1.82) is 0 Å². The number of carbonyl (C=O) groups excluding carboxylic acids is 2. The lowest BCUT2D eigenvalue weighted by Gasteiger charge is -2.34. The molecule has 2 heterocycles. The van der Waals surface area contributed by atoms with Crippen molar-refractivity contribution in [3.63, 3.8) is 0 Å². The summed E-state index contributed by atoms with van der Waals surface area (Å²) in [6.45, 7) is 3.57. The number of hydrogen-bond acceptors (Lipinski definition) is 4. The van der Waals surface area contributed by atoms with Crippen LogP contribution < -0.4 is 0 Å². The lowest BCUT2D eigenvalue weighted by molar-refractivity contribution is -0.132. The number of fused-ring (bicyclic) bond motifs is 1. The highest BCUT2D eigenvalue weighted by atomic mass is 35.5. The van der Waals surface area contributed by atoms with Gasteiger partial charge in [0.25, 0.3) is 0 Å². The molecule has 0 radical (unpaired) electrons. The van der Waals surface area contributed by atoms with Crippen molar-refractivity contribution in [1.82, 2.24) is 14.8 Å². The van der Waals surface area contributed by atoms with Crippen LogP contribution in [0.25, 0.3) is 10.9 Å². The van der Waals surface area contributed by atoms with Gasteiger partial charge < -0.3 is 24.6 Å². The molecule has 9 heteroatoms. The fraction of sp³-hybridized carbons (Fsp3) is 0.389. The number of nitrogens with zero attached hydrogens (tertiary/aromatic N) is 2. The quantitative estimate of drug-likeness (QED) is 0.830. The zero-order valence-electron chi connectivity index (χ0n) is 14.8. The van der Waals surface area contributed by atoms with E-state index in [2.05, 4.69) is 4.98 Å². The number of piperazine rings is 1. The molecule has 8 nitrogen and oxygen atoms in total. The second-order valence-corrected chi connectivity index (χ2v) is 6.65. The molecule has 1 fully saturated rings. The molecule has 1 saturated heterocycles. The molecule has 0 spiro atoms. The number of rotatable bonds is 4. The van der Waals surface area contributed by atoms with Gasteiger partial charge in [-0.2, -0.15) is 0 Å². The first-order chi connectivity index (χ1) is 12.9. The summed E-state index contributed by atoms with van der Waals surface area (Å²) in [5.41, 5.74) is 1.02. The molecule has 27 heavy (non-hydrogen) atoms. The second-order valence-electron chi connectivity index (χ2n) is 6.22. The van der Waals surface area contributed by atoms with Crippen molar-refractivity contribution in [2.75, 3.05) is 32.8 Å². The normalized spacial score (nSPS) is 14.4. The van der Waals surface area contributed by atoms with Gasteiger partial charge >= 0.3 is 12.1 Å². The molecule has 2 aromatic rings. The number of ether oxygens (including phenoxy) is 1. The van der Waals surface area contributed by atoms with Gasteiger partial charge in [0.1, 0.15) is 5.69 Å². The monoisotopic (exact) mass is 393 g/mol. The summed E-state index contributed by atoms with van der Waals surface area (Å²) < 4.78 is 4.97. The zero-order chi connectivity index (χ0) is 19.6. The number of aromatic amines is 1. The van der Waals surface area contributed by atoms with Crippen LogP contribution in [-0.4, -0.2) is 70.6 Å². The van der Waals surface area contributed by atoms with Crippen LogP contribution in [0.2, 0.25) is 5.02 Å². The Morgan fingerprint density at radius 1 is 1.19 bits per heavy atom. The van der Waals surface area contributed by atoms with Crippen LogP contribution in [0.3, 0.4) is 0 Å². The van der Waals surface area contributed by atoms with Crippen molar-refractivity contribution in [2.45, 2.75) is 13.3 Å². The molecule has 0 aliphatic carbocycles. The minimum absolute atomic E-state index is 0.00854. The van der Waals surface area contributed by atoms with Crippen LogP contribution >= 0.6 is 11.6 Å². The first kappa shape index (κ1) is 19.0. The van der Waals surface area contributed by atoms with Crippen LogP contribution in [0.1, 0.15) is 23.0 Å². The smallest absolute Gasteiger partial charge is 0.409 e. The Morgan fingerprint density at radius 2 is 1.85 bits per heavy atom. The first-order valence-corrected chi connectivity index (χ1v) is 9.01. The Morgan fingerprint density at radius 3 is 2.48 bits per heavy atom. The van der Waals surface area contributed by atoms with E-state index in [1.165, 1.54) is 0 Å². The molecule has 1 aromatic heterocycles. The summed E-state index contributed by atoms with van der Waals surface area (Å²) in [6, 6.07) is 5.00. The Bertz CT molecular complexity index is 886. The summed E-state index contributed by atoms with van der Waals surface area (Å²) >= 11 is 6.03. The van der Waals surface area contributed by atoms with Gasteiger partial charge in [0.05, 0.1) is 13.0 Å². The number of benzene rings is 1. The summed E-state index contributed by atoms with van der Waals surface area (Å²) in [7, 11) is 0. The minimum Gasteiger partial charge on any atom is -0.477 e. The zero-order valence-corrected chi connectivity index (χ0v) is 15.6. The standard InChI is InChI=1S/C18H20ClN3O5/c1-2-27-18(26)22-7-5-21(6-8-22)15(23)10-13-12-9-11(19)3-4-14(12)20-16(13)17(24)25/h3-4,9,20H,2,5-8,10H2,1H3,(H,24,25). The highest BCUT2D eigenvalue weighted by Crippen LogP contribution is 2.27. The molecule has 144 valence electrons. The maximum atomic E-state index is 12.7. The van der Waals surface area contributed by atoms with Crippen LogP contribution in [0, 0.1) is 0 Å². The fourth-order valence-electron chi connectivity index (χ4n) is 3.20. The van der Waals surface area contributed by atoms with E-state index in [-0.39, 0.29) is 24.1 Å². The number of carbonyl (C=O) groups is 3. The number of amides is 2. The molecule has 1 aliphatic heterocycles. The van der Waals surface area contributed by atoms with Gasteiger partial charge in [-0.15, -0.1) is 0 Å². The van der Waals surface area contributed by atoms with Crippen LogP contribution in [0.5, 0.6) is 0 Å². The summed E-state index contributed by atoms with van der Waals surface area (Å²) in [5.74, 6) is -1.32. The Balaban J connectivity index is 1.75. The SMILES string of the molecule is CCOC(=O)N1CCN(C(=O)Cc2c(C(=O)O)[nH]c3ccc(Cl)cc23)CC1. The van der Waals surface area contributed by atoms with Crippen molar-refractivity contribution in [2.24, 2.45) is 0 Å². The van der Waals surface area contributed by atoms with E-state index in [0.717, 1.165) is 0 Å². The van der Waals surface area contributed by atoms with Gasteiger partial charge in [-0.1, -0.05) is 11.6 Å².